The van der Waals surface area contributed by atoms with Gasteiger partial charge in [0.15, 0.2) is 5.96 Å². The van der Waals surface area contributed by atoms with Gasteiger partial charge in [-0.2, -0.15) is 0 Å². The van der Waals surface area contributed by atoms with Crippen molar-refractivity contribution in [3.8, 4) is 0 Å². The van der Waals surface area contributed by atoms with Crippen molar-refractivity contribution in [1.82, 2.24) is 15.5 Å². The molecule has 1 amide bonds. The number of ether oxygens (including phenoxy) is 1. The Morgan fingerprint density at radius 3 is 2.38 bits per heavy atom. The highest BCUT2D eigenvalue weighted by Crippen LogP contribution is 2.14. The molecule has 1 aliphatic rings. The summed E-state index contributed by atoms with van der Waals surface area (Å²) in [4.78, 5) is 18.7. The van der Waals surface area contributed by atoms with Gasteiger partial charge in [-0.15, -0.1) is 0 Å². The van der Waals surface area contributed by atoms with Crippen LogP contribution in [0.15, 0.2) is 29.3 Å². The third-order valence-electron chi connectivity index (χ3n) is 4.76. The van der Waals surface area contributed by atoms with Gasteiger partial charge < -0.3 is 20.3 Å². The smallest absolute Gasteiger partial charge is 0.253 e. The number of hydrogen-bond donors (Lipinski definition) is 2. The monoisotopic (exact) mass is 360 g/mol. The van der Waals surface area contributed by atoms with E-state index >= 15 is 0 Å². The number of nitrogens with one attached hydrogen (secondary N) is 2. The Morgan fingerprint density at radius 1 is 1.15 bits per heavy atom. The molecule has 0 saturated carbocycles. The number of piperidine rings is 1. The van der Waals surface area contributed by atoms with Crippen molar-refractivity contribution in [3.63, 3.8) is 0 Å². The van der Waals surface area contributed by atoms with Crippen molar-refractivity contribution in [1.29, 1.82) is 0 Å². The summed E-state index contributed by atoms with van der Waals surface area (Å²) >= 11 is 0. The number of hydrogen-bond acceptors (Lipinski definition) is 3. The molecule has 1 aliphatic heterocycles. The van der Waals surface area contributed by atoms with Gasteiger partial charge in [-0.3, -0.25) is 9.79 Å². The summed E-state index contributed by atoms with van der Waals surface area (Å²) in [5.74, 6) is 0.868. The van der Waals surface area contributed by atoms with Crippen LogP contribution < -0.4 is 10.6 Å². The van der Waals surface area contributed by atoms with Crippen molar-refractivity contribution in [2.24, 2.45) is 4.99 Å². The van der Waals surface area contributed by atoms with Crippen LogP contribution in [-0.2, 0) is 11.3 Å². The highest BCUT2D eigenvalue weighted by atomic mass is 16.5. The lowest BCUT2D eigenvalue weighted by Gasteiger charge is -2.26. The first-order valence-corrected chi connectivity index (χ1v) is 9.33. The van der Waals surface area contributed by atoms with Gasteiger partial charge in [0.25, 0.3) is 5.91 Å². The van der Waals surface area contributed by atoms with E-state index in [9.17, 15) is 4.79 Å². The summed E-state index contributed by atoms with van der Waals surface area (Å²) < 4.78 is 5.40. The molecule has 0 unspecified atom stereocenters. The molecule has 144 valence electrons. The van der Waals surface area contributed by atoms with Gasteiger partial charge in [0.05, 0.1) is 5.60 Å². The fourth-order valence-electron chi connectivity index (χ4n) is 2.82. The van der Waals surface area contributed by atoms with Crippen molar-refractivity contribution in [2.75, 3.05) is 33.8 Å². The minimum atomic E-state index is -0.256. The SMILES string of the molecule is CN=C(NCc1ccc(C(=O)N2CCCCC2)cc1)NCC(C)(C)OC. The molecule has 6 heteroatoms. The maximum atomic E-state index is 12.5. The lowest BCUT2D eigenvalue weighted by atomic mass is 10.1. The number of nitrogens with zero attached hydrogens (tertiary/aromatic N) is 2. The van der Waals surface area contributed by atoms with Crippen LogP contribution in [0.1, 0.15) is 49.0 Å². The maximum absolute atomic E-state index is 12.5. The molecule has 0 spiro atoms. The number of methoxy groups -OCH3 is 1. The van der Waals surface area contributed by atoms with Gasteiger partial charge in [-0.05, 0) is 50.8 Å². The van der Waals surface area contributed by atoms with Gasteiger partial charge in [0.1, 0.15) is 0 Å². The van der Waals surface area contributed by atoms with Crippen LogP contribution in [0, 0.1) is 0 Å². The van der Waals surface area contributed by atoms with Crippen LogP contribution in [0.3, 0.4) is 0 Å². The molecule has 1 fully saturated rings. The third kappa shape index (κ3) is 6.02. The minimum Gasteiger partial charge on any atom is -0.377 e. The van der Waals surface area contributed by atoms with E-state index in [1.54, 1.807) is 14.2 Å². The largest absolute Gasteiger partial charge is 0.377 e. The first-order chi connectivity index (χ1) is 12.4. The number of carbonyl (C=O) groups excluding carboxylic acids is 1. The molecule has 1 aromatic carbocycles. The first kappa shape index (κ1) is 20.2. The summed E-state index contributed by atoms with van der Waals surface area (Å²) in [6.07, 6.45) is 3.45. The Hall–Kier alpha value is -2.08. The number of aliphatic imine (C=N–C) groups is 1. The summed E-state index contributed by atoms with van der Waals surface area (Å²) in [5, 5.41) is 6.54. The van der Waals surface area contributed by atoms with Crippen LogP contribution in [-0.4, -0.2) is 56.2 Å². The van der Waals surface area contributed by atoms with E-state index < -0.39 is 0 Å². The number of amides is 1. The van der Waals surface area contributed by atoms with Crippen LogP contribution in [0.2, 0.25) is 0 Å². The van der Waals surface area contributed by atoms with E-state index in [1.165, 1.54) is 6.42 Å². The van der Waals surface area contributed by atoms with E-state index in [0.717, 1.165) is 43.0 Å². The molecule has 0 radical (unpaired) electrons. The zero-order valence-corrected chi connectivity index (χ0v) is 16.5. The molecule has 0 aromatic heterocycles. The molecule has 2 rings (SSSR count). The van der Waals surface area contributed by atoms with Crippen molar-refractivity contribution in [3.05, 3.63) is 35.4 Å². The number of carbonyl (C=O) groups is 1. The lowest BCUT2D eigenvalue weighted by Crippen LogP contribution is -2.45. The van der Waals surface area contributed by atoms with Gasteiger partial charge in [-0.1, -0.05) is 12.1 Å². The second-order valence-electron chi connectivity index (χ2n) is 7.29. The molecule has 0 bridgehead atoms. The highest BCUT2D eigenvalue weighted by molar-refractivity contribution is 5.94. The third-order valence-corrected chi connectivity index (χ3v) is 4.76. The Bertz CT molecular complexity index is 605. The summed E-state index contributed by atoms with van der Waals surface area (Å²) in [6.45, 7) is 7.10. The normalized spacial score (nSPS) is 15.7. The van der Waals surface area contributed by atoms with Crippen LogP contribution >= 0.6 is 0 Å². The first-order valence-electron chi connectivity index (χ1n) is 9.33. The van der Waals surface area contributed by atoms with Crippen LogP contribution in [0.4, 0.5) is 0 Å². The zero-order valence-electron chi connectivity index (χ0n) is 16.5. The van der Waals surface area contributed by atoms with E-state index in [4.69, 9.17) is 4.74 Å². The van der Waals surface area contributed by atoms with Crippen LogP contribution in [0.25, 0.3) is 0 Å². The second kappa shape index (κ2) is 9.57. The fourth-order valence-corrected chi connectivity index (χ4v) is 2.82. The minimum absolute atomic E-state index is 0.142. The van der Waals surface area contributed by atoms with Gasteiger partial charge >= 0.3 is 0 Å². The number of rotatable bonds is 6. The molecule has 2 N–H and O–H groups in total. The lowest BCUT2D eigenvalue weighted by molar-refractivity contribution is 0.0268. The molecular formula is C20H32N4O2. The topological polar surface area (TPSA) is 66.0 Å². The molecule has 1 heterocycles. The average molecular weight is 361 g/mol. The average Bonchev–Trinajstić information content (AvgIpc) is 2.68. The Morgan fingerprint density at radius 2 is 1.81 bits per heavy atom. The standard InChI is InChI=1S/C20H32N4O2/c1-20(2,26-4)15-23-19(21-3)22-14-16-8-10-17(11-9-16)18(25)24-12-6-5-7-13-24/h8-11H,5-7,12-15H2,1-4H3,(H2,21,22,23). The van der Waals surface area contributed by atoms with Gasteiger partial charge in [0.2, 0.25) is 0 Å². The summed E-state index contributed by atoms with van der Waals surface area (Å²) in [7, 11) is 3.44. The number of likely N-dealkylation sites (tertiary alicyclic amines) is 1. The predicted octanol–water partition coefficient (Wildman–Crippen LogP) is 2.40. The Labute approximate surface area is 157 Å². The number of benzene rings is 1. The summed E-state index contributed by atoms with van der Waals surface area (Å²) in [6, 6.07) is 7.82. The molecular weight excluding hydrogens is 328 g/mol. The molecule has 1 aromatic rings. The summed E-state index contributed by atoms with van der Waals surface area (Å²) in [5.41, 5.74) is 1.61. The van der Waals surface area contributed by atoms with Crippen molar-refractivity contribution >= 4 is 11.9 Å². The van der Waals surface area contributed by atoms with E-state index in [-0.39, 0.29) is 11.5 Å². The molecule has 6 nitrogen and oxygen atoms in total. The highest BCUT2D eigenvalue weighted by Gasteiger charge is 2.18. The molecule has 1 saturated heterocycles. The van der Waals surface area contributed by atoms with Gasteiger partial charge in [-0.25, -0.2) is 0 Å². The molecule has 0 aliphatic carbocycles. The fraction of sp³-hybridized carbons (Fsp3) is 0.600. The maximum Gasteiger partial charge on any atom is 0.253 e. The zero-order chi connectivity index (χ0) is 19.0. The molecule has 26 heavy (non-hydrogen) atoms. The predicted molar refractivity (Wildman–Crippen MR) is 105 cm³/mol. The van der Waals surface area contributed by atoms with Crippen molar-refractivity contribution < 1.29 is 9.53 Å². The number of guanidine groups is 1. The van der Waals surface area contributed by atoms with E-state index in [1.807, 2.05) is 43.0 Å². The van der Waals surface area contributed by atoms with Crippen LogP contribution in [0.5, 0.6) is 0 Å². The van der Waals surface area contributed by atoms with E-state index in [0.29, 0.717) is 13.1 Å². The quantitative estimate of drug-likeness (QED) is 0.604. The Balaban J connectivity index is 1.85. The molecule has 0 atom stereocenters. The second-order valence-corrected chi connectivity index (χ2v) is 7.29. The van der Waals surface area contributed by atoms with E-state index in [2.05, 4.69) is 15.6 Å². The Kier molecular flexibility index (Phi) is 7.45. The van der Waals surface area contributed by atoms with Crippen molar-refractivity contribution in [2.45, 2.75) is 45.3 Å². The van der Waals surface area contributed by atoms with Gasteiger partial charge in [0, 0.05) is 45.9 Å².